The molecular weight excluding hydrogens is 382 g/mol. The van der Waals surface area contributed by atoms with Gasteiger partial charge in [0.05, 0.1) is 12.2 Å². The summed E-state index contributed by atoms with van der Waals surface area (Å²) in [6.07, 6.45) is 2.92. The molecular formula is C23H29N3O4. The van der Waals surface area contributed by atoms with Gasteiger partial charge in [-0.3, -0.25) is 9.59 Å². The number of aryl methyl sites for hydroxylation is 1. The third kappa shape index (κ3) is 5.79. The normalized spacial score (nSPS) is 14.4. The monoisotopic (exact) mass is 411 g/mol. The molecule has 3 rings (SSSR count). The first-order valence-electron chi connectivity index (χ1n) is 10.4. The summed E-state index contributed by atoms with van der Waals surface area (Å²) in [5, 5.41) is 2.89. The number of hydrogen-bond donors (Lipinski definition) is 1. The fourth-order valence-electron chi connectivity index (χ4n) is 3.47. The van der Waals surface area contributed by atoms with Crippen LogP contribution < -0.4 is 10.1 Å². The van der Waals surface area contributed by atoms with E-state index in [1.165, 1.54) is 0 Å². The number of aromatic nitrogens is 1. The smallest absolute Gasteiger partial charge is 0.257 e. The van der Waals surface area contributed by atoms with Gasteiger partial charge in [-0.05, 0) is 56.5 Å². The molecule has 0 spiro atoms. The van der Waals surface area contributed by atoms with Gasteiger partial charge in [0.15, 0.2) is 0 Å². The van der Waals surface area contributed by atoms with Crippen molar-refractivity contribution in [2.24, 2.45) is 5.92 Å². The lowest BCUT2D eigenvalue weighted by atomic mass is 9.95. The van der Waals surface area contributed by atoms with Gasteiger partial charge >= 0.3 is 0 Å². The lowest BCUT2D eigenvalue weighted by Crippen LogP contribution is -2.41. The summed E-state index contributed by atoms with van der Waals surface area (Å²) >= 11 is 0. The van der Waals surface area contributed by atoms with Gasteiger partial charge in [0.25, 0.3) is 5.91 Å². The number of amides is 2. The third-order valence-electron chi connectivity index (χ3n) is 5.13. The second kappa shape index (κ2) is 10.7. The molecule has 1 N–H and O–H groups in total. The molecule has 1 aromatic heterocycles. The first kappa shape index (κ1) is 21.8. The Labute approximate surface area is 177 Å². The second-order valence-corrected chi connectivity index (χ2v) is 7.32. The van der Waals surface area contributed by atoms with Crippen molar-refractivity contribution in [3.05, 3.63) is 53.7 Å². The predicted octanol–water partition coefficient (Wildman–Crippen LogP) is 3.30. The number of pyridine rings is 1. The van der Waals surface area contributed by atoms with Crippen molar-refractivity contribution < 1.29 is 19.1 Å². The van der Waals surface area contributed by atoms with Gasteiger partial charge in [0, 0.05) is 31.8 Å². The fourth-order valence-corrected chi connectivity index (χ4v) is 3.47. The van der Waals surface area contributed by atoms with Crippen LogP contribution in [0.3, 0.4) is 0 Å². The van der Waals surface area contributed by atoms with Gasteiger partial charge in [0.2, 0.25) is 5.91 Å². The number of carbonyl (C=O) groups is 2. The SMILES string of the molecule is CCOCCOc1ccccc1C(=O)N1CCC(C(=O)Nc2cc(C)ccn2)CC1. The van der Waals surface area contributed by atoms with Gasteiger partial charge in [-0.2, -0.15) is 0 Å². The second-order valence-electron chi connectivity index (χ2n) is 7.32. The van der Waals surface area contributed by atoms with Crippen molar-refractivity contribution in [3.8, 4) is 5.75 Å². The number of rotatable bonds is 8. The number of ether oxygens (including phenoxy) is 2. The molecule has 2 amide bonds. The molecule has 1 aliphatic rings. The summed E-state index contributed by atoms with van der Waals surface area (Å²) in [7, 11) is 0. The van der Waals surface area contributed by atoms with Crippen LogP contribution in [0.5, 0.6) is 5.75 Å². The predicted molar refractivity (Wildman–Crippen MR) is 115 cm³/mol. The maximum atomic E-state index is 13.0. The van der Waals surface area contributed by atoms with E-state index in [0.717, 1.165) is 5.56 Å². The molecule has 1 aromatic carbocycles. The maximum Gasteiger partial charge on any atom is 0.257 e. The molecule has 0 aliphatic carbocycles. The van der Waals surface area contributed by atoms with Gasteiger partial charge in [-0.25, -0.2) is 4.98 Å². The van der Waals surface area contributed by atoms with E-state index in [9.17, 15) is 9.59 Å². The fraction of sp³-hybridized carbons (Fsp3) is 0.435. The zero-order valence-corrected chi connectivity index (χ0v) is 17.6. The molecule has 1 aliphatic heterocycles. The Morgan fingerprint density at radius 3 is 2.67 bits per heavy atom. The summed E-state index contributed by atoms with van der Waals surface area (Å²) in [5.74, 6) is 0.888. The Balaban J connectivity index is 1.54. The summed E-state index contributed by atoms with van der Waals surface area (Å²) in [5.41, 5.74) is 1.59. The third-order valence-corrected chi connectivity index (χ3v) is 5.13. The van der Waals surface area contributed by atoms with Crippen molar-refractivity contribution in [2.45, 2.75) is 26.7 Å². The number of anilines is 1. The van der Waals surface area contributed by atoms with Crippen LogP contribution in [0.4, 0.5) is 5.82 Å². The van der Waals surface area contributed by atoms with Crippen molar-refractivity contribution in [3.63, 3.8) is 0 Å². The van der Waals surface area contributed by atoms with Crippen LogP contribution in [0, 0.1) is 12.8 Å². The minimum absolute atomic E-state index is 0.0418. The van der Waals surface area contributed by atoms with Crippen molar-refractivity contribution >= 4 is 17.6 Å². The summed E-state index contributed by atoms with van der Waals surface area (Å²) < 4.78 is 11.0. The number of nitrogens with one attached hydrogen (secondary N) is 1. The van der Waals surface area contributed by atoms with E-state index < -0.39 is 0 Å². The summed E-state index contributed by atoms with van der Waals surface area (Å²) in [6, 6.07) is 11.0. The van der Waals surface area contributed by atoms with Gasteiger partial charge in [0.1, 0.15) is 18.2 Å². The average Bonchev–Trinajstić information content (AvgIpc) is 2.77. The minimum Gasteiger partial charge on any atom is -0.490 e. The number of para-hydroxylation sites is 1. The number of likely N-dealkylation sites (tertiary alicyclic amines) is 1. The van der Waals surface area contributed by atoms with Gasteiger partial charge < -0.3 is 19.7 Å². The van der Waals surface area contributed by atoms with Gasteiger partial charge in [-0.15, -0.1) is 0 Å². The van der Waals surface area contributed by atoms with Crippen LogP contribution in [0.25, 0.3) is 0 Å². The van der Waals surface area contributed by atoms with Crippen LogP contribution in [-0.2, 0) is 9.53 Å². The highest BCUT2D eigenvalue weighted by atomic mass is 16.5. The molecule has 7 nitrogen and oxygen atoms in total. The zero-order valence-electron chi connectivity index (χ0n) is 17.6. The Bertz CT molecular complexity index is 863. The number of piperidine rings is 1. The molecule has 30 heavy (non-hydrogen) atoms. The van der Waals surface area contributed by atoms with Crippen molar-refractivity contribution in [2.75, 3.05) is 38.2 Å². The highest BCUT2D eigenvalue weighted by molar-refractivity contribution is 5.97. The van der Waals surface area contributed by atoms with E-state index in [2.05, 4.69) is 10.3 Å². The molecule has 0 radical (unpaired) electrons. The molecule has 0 saturated carbocycles. The van der Waals surface area contributed by atoms with Crippen LogP contribution in [0.2, 0.25) is 0 Å². The first-order chi connectivity index (χ1) is 14.6. The van der Waals surface area contributed by atoms with Crippen LogP contribution in [0.15, 0.2) is 42.6 Å². The van der Waals surface area contributed by atoms with E-state index in [4.69, 9.17) is 9.47 Å². The lowest BCUT2D eigenvalue weighted by molar-refractivity contribution is -0.121. The van der Waals surface area contributed by atoms with Crippen molar-refractivity contribution in [1.82, 2.24) is 9.88 Å². The minimum atomic E-state index is -0.131. The van der Waals surface area contributed by atoms with E-state index in [0.29, 0.717) is 62.9 Å². The average molecular weight is 412 g/mol. The Morgan fingerprint density at radius 2 is 1.93 bits per heavy atom. The number of nitrogens with zero attached hydrogens (tertiary/aromatic N) is 2. The van der Waals surface area contributed by atoms with E-state index >= 15 is 0 Å². The molecule has 1 fully saturated rings. The first-order valence-corrected chi connectivity index (χ1v) is 10.4. The number of benzene rings is 1. The van der Waals surface area contributed by atoms with E-state index in [1.54, 1.807) is 23.2 Å². The Hall–Kier alpha value is -2.93. The maximum absolute atomic E-state index is 13.0. The Kier molecular flexibility index (Phi) is 7.79. The molecule has 1 saturated heterocycles. The highest BCUT2D eigenvalue weighted by Gasteiger charge is 2.29. The molecule has 7 heteroatoms. The molecule has 0 bridgehead atoms. The quantitative estimate of drug-likeness (QED) is 0.674. The largest absolute Gasteiger partial charge is 0.490 e. The standard InChI is InChI=1S/C23H29N3O4/c1-3-29-14-15-30-20-7-5-4-6-19(20)23(28)26-12-9-18(10-13-26)22(27)25-21-16-17(2)8-11-24-21/h4-8,11,16,18H,3,9-10,12-15H2,1-2H3,(H,24,25,27). The number of hydrogen-bond acceptors (Lipinski definition) is 5. The van der Waals surface area contributed by atoms with E-state index in [-0.39, 0.29) is 17.7 Å². The van der Waals surface area contributed by atoms with Crippen LogP contribution >= 0.6 is 0 Å². The summed E-state index contributed by atoms with van der Waals surface area (Å²) in [6.45, 7) is 6.46. The van der Waals surface area contributed by atoms with Crippen molar-refractivity contribution in [1.29, 1.82) is 0 Å². The van der Waals surface area contributed by atoms with E-state index in [1.807, 2.05) is 38.1 Å². The number of carbonyl (C=O) groups excluding carboxylic acids is 2. The Morgan fingerprint density at radius 1 is 1.17 bits per heavy atom. The van der Waals surface area contributed by atoms with Gasteiger partial charge in [-0.1, -0.05) is 12.1 Å². The highest BCUT2D eigenvalue weighted by Crippen LogP contribution is 2.24. The van der Waals surface area contributed by atoms with Crippen LogP contribution in [0.1, 0.15) is 35.7 Å². The summed E-state index contributed by atoms with van der Waals surface area (Å²) in [4.78, 5) is 31.6. The molecule has 2 heterocycles. The molecule has 0 atom stereocenters. The molecule has 160 valence electrons. The zero-order chi connectivity index (χ0) is 21.3. The molecule has 0 unspecified atom stereocenters. The topological polar surface area (TPSA) is 80.8 Å². The van der Waals surface area contributed by atoms with Crippen LogP contribution in [-0.4, -0.2) is 54.6 Å². The lowest BCUT2D eigenvalue weighted by Gasteiger charge is -2.31. The molecule has 2 aromatic rings.